The Bertz CT molecular complexity index is 1720. The summed E-state index contributed by atoms with van der Waals surface area (Å²) >= 11 is 0. The minimum atomic E-state index is -0.207. The van der Waals surface area contributed by atoms with Gasteiger partial charge in [0.05, 0.1) is 17.8 Å². The van der Waals surface area contributed by atoms with Crippen LogP contribution in [0, 0.1) is 0 Å². The van der Waals surface area contributed by atoms with E-state index in [0.717, 1.165) is 70.7 Å². The smallest absolute Gasteiger partial charge is 0.409 e. The highest BCUT2D eigenvalue weighted by molar-refractivity contribution is 5.91. The molecular formula is C32H33N7O2. The van der Waals surface area contributed by atoms with Gasteiger partial charge in [-0.05, 0) is 31.9 Å². The number of hydrogen-bond acceptors (Lipinski definition) is 7. The summed E-state index contributed by atoms with van der Waals surface area (Å²) in [7, 11) is 0. The molecule has 41 heavy (non-hydrogen) atoms. The quantitative estimate of drug-likeness (QED) is 0.322. The van der Waals surface area contributed by atoms with E-state index < -0.39 is 0 Å². The summed E-state index contributed by atoms with van der Waals surface area (Å²) in [4.78, 5) is 30.9. The molecule has 4 heterocycles. The largest absolute Gasteiger partial charge is 0.450 e. The molecule has 9 heteroatoms. The average Bonchev–Trinajstić information content (AvgIpc) is 3.37. The molecule has 208 valence electrons. The number of nitrogens with zero attached hydrogens (tertiary/aromatic N) is 6. The van der Waals surface area contributed by atoms with Crippen LogP contribution in [0.4, 0.5) is 10.6 Å². The Labute approximate surface area is 238 Å². The Morgan fingerprint density at radius 3 is 2.54 bits per heavy atom. The predicted octanol–water partition coefficient (Wildman–Crippen LogP) is 5.21. The van der Waals surface area contributed by atoms with Crippen molar-refractivity contribution in [3.63, 3.8) is 0 Å². The summed E-state index contributed by atoms with van der Waals surface area (Å²) in [6.07, 6.45) is 5.56. The molecule has 0 atom stereocenters. The minimum Gasteiger partial charge on any atom is -0.450 e. The van der Waals surface area contributed by atoms with Crippen LogP contribution in [0.15, 0.2) is 73.1 Å². The molecular weight excluding hydrogens is 514 g/mol. The van der Waals surface area contributed by atoms with Crippen molar-refractivity contribution in [2.45, 2.75) is 31.7 Å². The molecule has 1 aliphatic carbocycles. The fourth-order valence-electron chi connectivity index (χ4n) is 6.19. The predicted molar refractivity (Wildman–Crippen MR) is 160 cm³/mol. The second-order valence-corrected chi connectivity index (χ2v) is 10.9. The van der Waals surface area contributed by atoms with Crippen molar-refractivity contribution in [3.8, 4) is 22.5 Å². The summed E-state index contributed by atoms with van der Waals surface area (Å²) in [5.74, 6) is 1.82. The molecule has 1 amide bonds. The van der Waals surface area contributed by atoms with E-state index in [4.69, 9.17) is 20.4 Å². The standard InChI is InChI=1S/C32H33N7O2/c1-2-41-32(40)38-16-14-37(15-17-38)25-18-24(19-25)31-36-28(29-30(33)34-12-13-39(29)31)23-9-8-22-10-11-26(35-27(22)20-23)21-6-4-3-5-7-21/h3-13,20,24-25H,2,14-19H2,1H3,(H2,33,34). The highest BCUT2D eigenvalue weighted by Crippen LogP contribution is 2.42. The van der Waals surface area contributed by atoms with Crippen LogP contribution in [0.3, 0.4) is 0 Å². The number of nitrogens with two attached hydrogens (primary N) is 1. The van der Waals surface area contributed by atoms with Gasteiger partial charge in [0, 0.05) is 67.0 Å². The lowest BCUT2D eigenvalue weighted by Crippen LogP contribution is -2.55. The average molecular weight is 548 g/mol. The van der Waals surface area contributed by atoms with Gasteiger partial charge in [-0.15, -0.1) is 0 Å². The van der Waals surface area contributed by atoms with Crippen LogP contribution in [-0.4, -0.2) is 74.1 Å². The van der Waals surface area contributed by atoms with E-state index >= 15 is 0 Å². The first kappa shape index (κ1) is 25.5. The Hall–Kier alpha value is -4.50. The van der Waals surface area contributed by atoms with Crippen LogP contribution >= 0.6 is 0 Å². The fraction of sp³-hybridized carbons (Fsp3) is 0.312. The van der Waals surface area contributed by atoms with Crippen LogP contribution in [0.25, 0.3) is 38.9 Å². The van der Waals surface area contributed by atoms with Crippen LogP contribution < -0.4 is 5.73 Å². The van der Waals surface area contributed by atoms with Gasteiger partial charge >= 0.3 is 6.09 Å². The highest BCUT2D eigenvalue weighted by atomic mass is 16.6. The van der Waals surface area contributed by atoms with Crippen molar-refractivity contribution in [1.82, 2.24) is 29.2 Å². The second-order valence-electron chi connectivity index (χ2n) is 10.9. The lowest BCUT2D eigenvalue weighted by atomic mass is 9.78. The van der Waals surface area contributed by atoms with Gasteiger partial charge in [-0.1, -0.05) is 48.5 Å². The molecule has 1 saturated heterocycles. The van der Waals surface area contributed by atoms with Crippen LogP contribution in [-0.2, 0) is 4.74 Å². The number of piperazine rings is 1. The Kier molecular flexibility index (Phi) is 6.51. The van der Waals surface area contributed by atoms with Crippen molar-refractivity contribution < 1.29 is 9.53 Å². The number of aromatic nitrogens is 4. The Morgan fingerprint density at radius 1 is 0.976 bits per heavy atom. The monoisotopic (exact) mass is 547 g/mol. The van der Waals surface area contributed by atoms with Gasteiger partial charge < -0.3 is 15.4 Å². The maximum atomic E-state index is 12.1. The number of nitrogen functional groups attached to an aromatic ring is 1. The fourth-order valence-corrected chi connectivity index (χ4v) is 6.19. The van der Waals surface area contributed by atoms with E-state index in [1.54, 1.807) is 6.20 Å². The molecule has 3 aromatic heterocycles. The summed E-state index contributed by atoms with van der Waals surface area (Å²) in [6.45, 7) is 5.41. The van der Waals surface area contributed by atoms with Gasteiger partial charge in [0.2, 0.25) is 0 Å². The molecule has 5 aromatic rings. The number of carbonyl (C=O) groups is 1. The number of rotatable bonds is 5. The van der Waals surface area contributed by atoms with Crippen molar-refractivity contribution in [1.29, 1.82) is 0 Å². The lowest BCUT2D eigenvalue weighted by molar-refractivity contribution is 0.0401. The van der Waals surface area contributed by atoms with Crippen molar-refractivity contribution in [3.05, 3.63) is 78.9 Å². The molecule has 9 nitrogen and oxygen atoms in total. The van der Waals surface area contributed by atoms with Gasteiger partial charge in [-0.25, -0.2) is 19.7 Å². The molecule has 1 saturated carbocycles. The third-order valence-electron chi connectivity index (χ3n) is 8.48. The van der Waals surface area contributed by atoms with Crippen LogP contribution in [0.5, 0.6) is 0 Å². The van der Waals surface area contributed by atoms with Gasteiger partial charge in [0.25, 0.3) is 0 Å². The second kappa shape index (κ2) is 10.5. The number of ether oxygens (including phenoxy) is 1. The number of anilines is 1. The topological polar surface area (TPSA) is 102 Å². The number of fused-ring (bicyclic) bond motifs is 2. The van der Waals surface area contributed by atoms with Crippen molar-refractivity contribution in [2.75, 3.05) is 38.5 Å². The third-order valence-corrected chi connectivity index (χ3v) is 8.48. The molecule has 2 fully saturated rings. The zero-order chi connectivity index (χ0) is 27.9. The number of imidazole rings is 1. The first-order chi connectivity index (χ1) is 20.1. The van der Waals surface area contributed by atoms with E-state index in [1.807, 2.05) is 36.2 Å². The first-order valence-corrected chi connectivity index (χ1v) is 14.3. The lowest BCUT2D eigenvalue weighted by Gasteiger charge is -2.45. The summed E-state index contributed by atoms with van der Waals surface area (Å²) in [6, 6.07) is 21.2. The number of amides is 1. The first-order valence-electron chi connectivity index (χ1n) is 14.3. The molecule has 2 aromatic carbocycles. The summed E-state index contributed by atoms with van der Waals surface area (Å²) in [5, 5.41) is 1.08. The van der Waals surface area contributed by atoms with Gasteiger partial charge in [0.1, 0.15) is 22.9 Å². The molecule has 0 unspecified atom stereocenters. The zero-order valence-corrected chi connectivity index (χ0v) is 23.1. The molecule has 1 aliphatic heterocycles. The third kappa shape index (κ3) is 4.66. The van der Waals surface area contributed by atoms with Crippen LogP contribution in [0.1, 0.15) is 31.5 Å². The Morgan fingerprint density at radius 2 is 1.76 bits per heavy atom. The van der Waals surface area contributed by atoms with E-state index in [1.165, 1.54) is 0 Å². The minimum absolute atomic E-state index is 0.207. The van der Waals surface area contributed by atoms with Crippen molar-refractivity contribution in [2.24, 2.45) is 0 Å². The van der Waals surface area contributed by atoms with Gasteiger partial charge in [-0.2, -0.15) is 0 Å². The molecule has 7 rings (SSSR count). The maximum absolute atomic E-state index is 12.1. The molecule has 2 N–H and O–H groups in total. The number of carbonyl (C=O) groups excluding carboxylic acids is 1. The number of hydrogen-bond donors (Lipinski definition) is 1. The number of pyridine rings is 1. The summed E-state index contributed by atoms with van der Waals surface area (Å²) in [5.41, 5.74) is 12.0. The molecule has 0 radical (unpaired) electrons. The highest BCUT2D eigenvalue weighted by Gasteiger charge is 2.39. The SMILES string of the molecule is CCOC(=O)N1CCN(C2CC(c3nc(-c4ccc5ccc(-c6ccccc6)nc5c4)c4c(N)nccn34)C2)CC1. The normalized spacial score (nSPS) is 19.4. The summed E-state index contributed by atoms with van der Waals surface area (Å²) < 4.78 is 7.29. The molecule has 0 bridgehead atoms. The number of benzene rings is 2. The molecule has 0 spiro atoms. The van der Waals surface area contributed by atoms with Gasteiger partial charge in [0.15, 0.2) is 0 Å². The van der Waals surface area contributed by atoms with Gasteiger partial charge in [-0.3, -0.25) is 9.30 Å². The van der Waals surface area contributed by atoms with E-state index in [9.17, 15) is 4.79 Å². The van der Waals surface area contributed by atoms with E-state index in [0.29, 0.717) is 37.5 Å². The van der Waals surface area contributed by atoms with E-state index in [-0.39, 0.29) is 6.09 Å². The molecule has 2 aliphatic rings. The Balaban J connectivity index is 1.15. The van der Waals surface area contributed by atoms with E-state index in [2.05, 4.69) is 56.7 Å². The van der Waals surface area contributed by atoms with Crippen LogP contribution in [0.2, 0.25) is 0 Å². The maximum Gasteiger partial charge on any atom is 0.409 e. The van der Waals surface area contributed by atoms with Crippen molar-refractivity contribution >= 4 is 28.3 Å². The zero-order valence-electron chi connectivity index (χ0n) is 23.1.